The van der Waals surface area contributed by atoms with Crippen LogP contribution in [0.4, 0.5) is 0 Å². The van der Waals surface area contributed by atoms with Gasteiger partial charge in [-0.3, -0.25) is 4.90 Å². The molecule has 0 aromatic heterocycles. The lowest BCUT2D eigenvalue weighted by Crippen LogP contribution is -2.49. The maximum atomic E-state index is 5.35. The molecule has 1 saturated carbocycles. The molecule has 1 aliphatic carbocycles. The summed E-state index contributed by atoms with van der Waals surface area (Å²) in [6.45, 7) is 1.15. The number of ether oxygens (including phenoxy) is 1. The van der Waals surface area contributed by atoms with E-state index in [0.29, 0.717) is 6.04 Å². The molecule has 4 rings (SSSR count). The van der Waals surface area contributed by atoms with Crippen LogP contribution in [0.3, 0.4) is 0 Å². The Morgan fingerprint density at radius 1 is 1.04 bits per heavy atom. The number of likely N-dealkylation sites (N-methyl/N-ethyl adjacent to an activating group) is 1. The summed E-state index contributed by atoms with van der Waals surface area (Å²) in [5.41, 5.74) is 4.81. The molecule has 0 bridgehead atoms. The van der Waals surface area contributed by atoms with Gasteiger partial charge in [0.2, 0.25) is 0 Å². The third-order valence-corrected chi connectivity index (χ3v) is 5.96. The fraction of sp³-hybridized carbons (Fsp3) is 0.429. The van der Waals surface area contributed by atoms with Gasteiger partial charge in [-0.25, -0.2) is 0 Å². The minimum Gasteiger partial charge on any atom is -0.497 e. The van der Waals surface area contributed by atoms with E-state index in [0.717, 1.165) is 12.3 Å². The van der Waals surface area contributed by atoms with E-state index in [-0.39, 0.29) is 17.8 Å². The number of methoxy groups -OCH3 is 1. The molecule has 0 N–H and O–H groups in total. The molecule has 2 aromatic carbocycles. The maximum absolute atomic E-state index is 5.35. The number of rotatable bonds is 3. The first-order valence-electron chi connectivity index (χ1n) is 8.67. The SMILES string of the molecule is COc1ccc(C2(C3c4ccccc4CCN3C)CCC2)cc1.Cl. The summed E-state index contributed by atoms with van der Waals surface area (Å²) in [6, 6.07) is 18.3. The Labute approximate surface area is 151 Å². The molecule has 0 spiro atoms. The van der Waals surface area contributed by atoms with Crippen LogP contribution in [0, 0.1) is 0 Å². The quantitative estimate of drug-likeness (QED) is 0.796. The molecule has 0 radical (unpaired) electrons. The largest absolute Gasteiger partial charge is 0.497 e. The molecule has 128 valence electrons. The van der Waals surface area contributed by atoms with Gasteiger partial charge >= 0.3 is 0 Å². The number of benzene rings is 2. The molecule has 0 amide bonds. The summed E-state index contributed by atoms with van der Waals surface area (Å²) in [6.07, 6.45) is 5.06. The Bertz CT molecular complexity index is 693. The van der Waals surface area contributed by atoms with Crippen LogP contribution in [0.15, 0.2) is 48.5 Å². The number of fused-ring (bicyclic) bond motifs is 1. The topological polar surface area (TPSA) is 12.5 Å². The van der Waals surface area contributed by atoms with Gasteiger partial charge in [-0.15, -0.1) is 12.4 Å². The van der Waals surface area contributed by atoms with Crippen LogP contribution in [0.5, 0.6) is 5.75 Å². The van der Waals surface area contributed by atoms with Crippen molar-refractivity contribution in [3.8, 4) is 5.75 Å². The van der Waals surface area contributed by atoms with Crippen LogP contribution in [0.1, 0.15) is 42.0 Å². The Morgan fingerprint density at radius 3 is 2.38 bits per heavy atom. The molecule has 1 heterocycles. The Kier molecular flexibility index (Phi) is 4.89. The first-order chi connectivity index (χ1) is 11.2. The molecule has 2 aromatic rings. The van der Waals surface area contributed by atoms with Crippen molar-refractivity contribution < 1.29 is 4.74 Å². The second kappa shape index (κ2) is 6.78. The summed E-state index contributed by atoms with van der Waals surface area (Å²) >= 11 is 0. The van der Waals surface area contributed by atoms with Gasteiger partial charge in [0.15, 0.2) is 0 Å². The second-order valence-electron chi connectivity index (χ2n) is 7.07. The molecular formula is C21H26ClNO. The van der Waals surface area contributed by atoms with Crippen molar-refractivity contribution in [3.63, 3.8) is 0 Å². The summed E-state index contributed by atoms with van der Waals surface area (Å²) < 4.78 is 5.35. The summed E-state index contributed by atoms with van der Waals surface area (Å²) in [4.78, 5) is 2.58. The fourth-order valence-corrected chi connectivity index (χ4v) is 4.61. The third-order valence-electron chi connectivity index (χ3n) is 5.96. The Morgan fingerprint density at radius 2 is 1.75 bits per heavy atom. The zero-order chi connectivity index (χ0) is 15.9. The van der Waals surface area contributed by atoms with Crippen molar-refractivity contribution in [2.24, 2.45) is 0 Å². The normalized spacial score (nSPS) is 22.0. The van der Waals surface area contributed by atoms with E-state index in [4.69, 9.17) is 4.74 Å². The van der Waals surface area contributed by atoms with Gasteiger partial charge in [0.05, 0.1) is 7.11 Å². The molecule has 1 unspecified atom stereocenters. The first-order valence-corrected chi connectivity index (χ1v) is 8.67. The number of hydrogen-bond acceptors (Lipinski definition) is 2. The van der Waals surface area contributed by atoms with E-state index >= 15 is 0 Å². The van der Waals surface area contributed by atoms with Crippen LogP contribution in [-0.2, 0) is 11.8 Å². The second-order valence-corrected chi connectivity index (χ2v) is 7.07. The molecule has 0 saturated heterocycles. The minimum absolute atomic E-state index is 0. The zero-order valence-corrected chi connectivity index (χ0v) is 15.3. The molecule has 1 atom stereocenters. The lowest BCUT2D eigenvalue weighted by atomic mass is 9.57. The van der Waals surface area contributed by atoms with Gasteiger partial charge in [-0.2, -0.15) is 0 Å². The standard InChI is InChI=1S/C21H25NO.ClH/c1-22-15-12-16-6-3-4-7-19(16)20(22)21(13-5-14-21)17-8-10-18(23-2)11-9-17;/h3-4,6-11,20H,5,12-15H2,1-2H3;1H. The van der Waals surface area contributed by atoms with E-state index in [9.17, 15) is 0 Å². The predicted molar refractivity (Wildman–Crippen MR) is 101 cm³/mol. The van der Waals surface area contributed by atoms with Crippen molar-refractivity contribution in [1.82, 2.24) is 4.90 Å². The van der Waals surface area contributed by atoms with Gasteiger partial charge < -0.3 is 4.74 Å². The number of halogens is 1. The van der Waals surface area contributed by atoms with Gasteiger partial charge in [0.1, 0.15) is 5.75 Å². The lowest BCUT2D eigenvalue weighted by Gasteiger charge is -2.53. The third kappa shape index (κ3) is 2.62. The number of nitrogens with zero attached hydrogens (tertiary/aromatic N) is 1. The van der Waals surface area contributed by atoms with Crippen LogP contribution in [-0.4, -0.2) is 25.6 Å². The predicted octanol–water partition coefficient (Wildman–Crippen LogP) is 4.77. The minimum atomic E-state index is 0. The van der Waals surface area contributed by atoms with Crippen molar-refractivity contribution >= 4 is 12.4 Å². The molecule has 2 aliphatic rings. The van der Waals surface area contributed by atoms with E-state index < -0.39 is 0 Å². The van der Waals surface area contributed by atoms with Gasteiger partial charge in [0, 0.05) is 18.0 Å². The number of hydrogen-bond donors (Lipinski definition) is 0. The monoisotopic (exact) mass is 343 g/mol. The molecule has 2 nitrogen and oxygen atoms in total. The molecule has 3 heteroatoms. The highest BCUT2D eigenvalue weighted by Gasteiger charge is 2.49. The van der Waals surface area contributed by atoms with Crippen LogP contribution >= 0.6 is 12.4 Å². The first kappa shape index (κ1) is 17.3. The van der Waals surface area contributed by atoms with Gasteiger partial charge in [-0.1, -0.05) is 42.8 Å². The highest BCUT2D eigenvalue weighted by Crippen LogP contribution is 2.55. The fourth-order valence-electron chi connectivity index (χ4n) is 4.61. The maximum Gasteiger partial charge on any atom is 0.118 e. The van der Waals surface area contributed by atoms with Crippen molar-refractivity contribution in [2.75, 3.05) is 20.7 Å². The summed E-state index contributed by atoms with van der Waals surface area (Å²) in [5.74, 6) is 0.945. The summed E-state index contributed by atoms with van der Waals surface area (Å²) in [5, 5.41) is 0. The average molecular weight is 344 g/mol. The van der Waals surface area contributed by atoms with E-state index in [1.165, 1.54) is 42.4 Å². The van der Waals surface area contributed by atoms with Crippen LogP contribution in [0.25, 0.3) is 0 Å². The highest BCUT2D eigenvalue weighted by atomic mass is 35.5. The van der Waals surface area contributed by atoms with Gasteiger partial charge in [-0.05, 0) is 55.1 Å². The summed E-state index contributed by atoms with van der Waals surface area (Å²) in [7, 11) is 4.03. The van der Waals surface area contributed by atoms with Crippen molar-refractivity contribution in [2.45, 2.75) is 37.1 Å². The highest BCUT2D eigenvalue weighted by molar-refractivity contribution is 5.85. The van der Waals surface area contributed by atoms with Crippen LogP contribution < -0.4 is 4.74 Å². The molecular weight excluding hydrogens is 318 g/mol. The zero-order valence-electron chi connectivity index (χ0n) is 14.5. The molecule has 1 fully saturated rings. The van der Waals surface area contributed by atoms with Gasteiger partial charge in [0.25, 0.3) is 0 Å². The van der Waals surface area contributed by atoms with E-state index in [1.54, 1.807) is 7.11 Å². The van der Waals surface area contributed by atoms with Crippen LogP contribution in [0.2, 0.25) is 0 Å². The molecule has 1 aliphatic heterocycles. The lowest BCUT2D eigenvalue weighted by molar-refractivity contribution is 0.0717. The Hall–Kier alpha value is -1.51. The smallest absolute Gasteiger partial charge is 0.118 e. The van der Waals surface area contributed by atoms with E-state index in [1.807, 2.05) is 0 Å². The Balaban J connectivity index is 0.00000169. The molecule has 24 heavy (non-hydrogen) atoms. The van der Waals surface area contributed by atoms with Crippen molar-refractivity contribution in [1.29, 1.82) is 0 Å². The van der Waals surface area contributed by atoms with E-state index in [2.05, 4.69) is 60.5 Å². The van der Waals surface area contributed by atoms with Crippen molar-refractivity contribution in [3.05, 3.63) is 65.2 Å². The average Bonchev–Trinajstić information content (AvgIpc) is 2.56.